The number of nitrogens with one attached hydrogen (secondary N) is 1. The van der Waals surface area contributed by atoms with Gasteiger partial charge < -0.3 is 5.43 Å². The number of nitrogens with zero attached hydrogens (tertiary/aromatic N) is 1. The number of hydrogen-bond acceptors (Lipinski definition) is 3. The third kappa shape index (κ3) is 1.47. The summed E-state index contributed by atoms with van der Waals surface area (Å²) in [5.41, 5.74) is 2.93. The highest BCUT2D eigenvalue weighted by Crippen LogP contribution is 2.28. The van der Waals surface area contributed by atoms with Crippen molar-refractivity contribution in [2.45, 2.75) is 6.92 Å². The Morgan fingerprint density at radius 3 is 2.50 bits per heavy atom. The van der Waals surface area contributed by atoms with Crippen molar-refractivity contribution < 1.29 is 13.2 Å². The van der Waals surface area contributed by atoms with E-state index in [9.17, 15) is 13.2 Å². The zero-order valence-corrected chi connectivity index (χ0v) is 8.31. The van der Waals surface area contributed by atoms with Crippen LogP contribution in [-0.4, -0.2) is 4.98 Å². The van der Waals surface area contributed by atoms with Crippen molar-refractivity contribution >= 4 is 16.6 Å². The third-order valence-corrected chi connectivity index (χ3v) is 2.22. The van der Waals surface area contributed by atoms with E-state index < -0.39 is 17.5 Å². The molecule has 0 fully saturated rings. The van der Waals surface area contributed by atoms with Crippen molar-refractivity contribution in [2.75, 3.05) is 5.43 Å². The number of nitrogens with two attached hydrogens (primary N) is 1. The van der Waals surface area contributed by atoms with E-state index in [4.69, 9.17) is 5.84 Å². The molecular weight excluding hydrogens is 219 g/mol. The van der Waals surface area contributed by atoms with Crippen LogP contribution >= 0.6 is 0 Å². The molecule has 0 aliphatic heterocycles. The summed E-state index contributed by atoms with van der Waals surface area (Å²) in [6.45, 7) is 1.64. The molecule has 0 saturated heterocycles. The van der Waals surface area contributed by atoms with Gasteiger partial charge in [0, 0.05) is 11.8 Å². The van der Waals surface area contributed by atoms with Crippen LogP contribution in [0.5, 0.6) is 0 Å². The zero-order valence-electron chi connectivity index (χ0n) is 8.31. The van der Waals surface area contributed by atoms with E-state index in [1.165, 1.54) is 6.07 Å². The highest BCUT2D eigenvalue weighted by atomic mass is 19.2. The van der Waals surface area contributed by atoms with Crippen molar-refractivity contribution in [1.29, 1.82) is 0 Å². The normalized spacial score (nSPS) is 10.8. The van der Waals surface area contributed by atoms with E-state index in [1.807, 2.05) is 0 Å². The van der Waals surface area contributed by atoms with Gasteiger partial charge in [0.05, 0.1) is 16.6 Å². The first kappa shape index (κ1) is 10.7. The van der Waals surface area contributed by atoms with Crippen LogP contribution in [0.25, 0.3) is 10.9 Å². The van der Waals surface area contributed by atoms with E-state index >= 15 is 0 Å². The van der Waals surface area contributed by atoms with Gasteiger partial charge in [0.15, 0.2) is 17.5 Å². The molecule has 2 aromatic rings. The lowest BCUT2D eigenvalue weighted by molar-refractivity contribution is 0.453. The van der Waals surface area contributed by atoms with Crippen LogP contribution in [0.2, 0.25) is 0 Å². The Kier molecular flexibility index (Phi) is 2.43. The zero-order chi connectivity index (χ0) is 11.9. The van der Waals surface area contributed by atoms with E-state index in [0.717, 1.165) is 6.07 Å². The van der Waals surface area contributed by atoms with Crippen LogP contribution < -0.4 is 11.3 Å². The number of fused-ring (bicyclic) bond motifs is 1. The van der Waals surface area contributed by atoms with E-state index in [0.29, 0.717) is 5.69 Å². The van der Waals surface area contributed by atoms with Crippen LogP contribution in [0.15, 0.2) is 12.1 Å². The van der Waals surface area contributed by atoms with Gasteiger partial charge in [-0.05, 0) is 13.0 Å². The maximum absolute atomic E-state index is 13.5. The summed E-state index contributed by atoms with van der Waals surface area (Å²) in [5, 5.41) is -0.160. The Balaban J connectivity index is 2.95. The van der Waals surface area contributed by atoms with Gasteiger partial charge in [-0.25, -0.2) is 13.2 Å². The number of halogens is 3. The molecule has 1 aromatic carbocycles. The smallest absolute Gasteiger partial charge is 0.195 e. The van der Waals surface area contributed by atoms with E-state index in [1.54, 1.807) is 6.92 Å². The quantitative estimate of drug-likeness (QED) is 0.446. The fourth-order valence-electron chi connectivity index (χ4n) is 1.54. The molecule has 16 heavy (non-hydrogen) atoms. The third-order valence-electron chi connectivity index (χ3n) is 2.22. The molecule has 3 N–H and O–H groups in total. The molecule has 1 aromatic heterocycles. The maximum atomic E-state index is 13.5. The Bertz CT molecular complexity index is 569. The molecule has 0 atom stereocenters. The van der Waals surface area contributed by atoms with Gasteiger partial charge in [0.2, 0.25) is 0 Å². The molecule has 1 heterocycles. The fraction of sp³-hybridized carbons (Fsp3) is 0.100. The van der Waals surface area contributed by atoms with E-state index in [2.05, 4.69) is 10.4 Å². The predicted octanol–water partition coefficient (Wildman–Crippen LogP) is 2.25. The van der Waals surface area contributed by atoms with Crippen LogP contribution in [0.4, 0.5) is 18.9 Å². The number of hydrazine groups is 1. The number of nitrogen functional groups attached to an aromatic ring is 1. The van der Waals surface area contributed by atoms with Crippen molar-refractivity contribution in [3.05, 3.63) is 35.3 Å². The first-order valence-electron chi connectivity index (χ1n) is 4.46. The Hall–Kier alpha value is -1.82. The fourth-order valence-corrected chi connectivity index (χ4v) is 1.54. The Morgan fingerprint density at radius 2 is 1.88 bits per heavy atom. The summed E-state index contributed by atoms with van der Waals surface area (Å²) in [5.74, 6) is 1.08. The summed E-state index contributed by atoms with van der Waals surface area (Å²) in [7, 11) is 0. The number of pyridine rings is 1. The number of anilines is 1. The molecule has 6 heteroatoms. The second kappa shape index (κ2) is 3.64. The number of hydrogen-bond donors (Lipinski definition) is 2. The average molecular weight is 227 g/mol. The lowest BCUT2D eigenvalue weighted by Gasteiger charge is -2.08. The molecule has 0 unspecified atom stereocenters. The molecular formula is C10H8F3N3. The lowest BCUT2D eigenvalue weighted by atomic mass is 10.1. The SMILES string of the molecule is Cc1cc(NN)c2c(F)c(F)c(F)cc2n1. The molecule has 2 rings (SSSR count). The standard InChI is InChI=1S/C10H8F3N3/c1-4-2-7(16-14)8-6(15-4)3-5(11)9(12)10(8)13/h2-3H,14H2,1H3,(H,15,16). The Labute approximate surface area is 89.1 Å². The summed E-state index contributed by atoms with van der Waals surface area (Å²) in [6.07, 6.45) is 0. The van der Waals surface area contributed by atoms with Crippen molar-refractivity contribution in [3.8, 4) is 0 Å². The molecule has 0 bridgehead atoms. The van der Waals surface area contributed by atoms with Crippen LogP contribution in [0, 0.1) is 24.4 Å². The van der Waals surface area contributed by atoms with Gasteiger partial charge in [-0.2, -0.15) is 0 Å². The predicted molar refractivity (Wildman–Crippen MR) is 54.2 cm³/mol. The van der Waals surface area contributed by atoms with Gasteiger partial charge in [-0.1, -0.05) is 0 Å². The average Bonchev–Trinajstić information content (AvgIpc) is 2.24. The number of benzene rings is 1. The van der Waals surface area contributed by atoms with Gasteiger partial charge in [0.1, 0.15) is 0 Å². The van der Waals surface area contributed by atoms with Crippen LogP contribution in [0.1, 0.15) is 5.69 Å². The highest BCUT2D eigenvalue weighted by Gasteiger charge is 2.17. The largest absolute Gasteiger partial charge is 0.323 e. The molecule has 3 nitrogen and oxygen atoms in total. The molecule has 0 amide bonds. The highest BCUT2D eigenvalue weighted by molar-refractivity contribution is 5.92. The van der Waals surface area contributed by atoms with E-state index in [-0.39, 0.29) is 16.6 Å². The summed E-state index contributed by atoms with van der Waals surface area (Å²) in [4.78, 5) is 3.90. The first-order chi connectivity index (χ1) is 7.54. The Morgan fingerprint density at radius 1 is 1.19 bits per heavy atom. The summed E-state index contributed by atoms with van der Waals surface area (Å²) >= 11 is 0. The maximum Gasteiger partial charge on any atom is 0.195 e. The minimum absolute atomic E-state index is 0.0179. The minimum Gasteiger partial charge on any atom is -0.323 e. The first-order valence-corrected chi connectivity index (χ1v) is 4.46. The number of rotatable bonds is 1. The van der Waals surface area contributed by atoms with Crippen LogP contribution in [-0.2, 0) is 0 Å². The molecule has 0 saturated carbocycles. The van der Waals surface area contributed by atoms with Gasteiger partial charge in [-0.15, -0.1) is 0 Å². The topological polar surface area (TPSA) is 50.9 Å². The second-order valence-electron chi connectivity index (χ2n) is 3.34. The monoisotopic (exact) mass is 227 g/mol. The van der Waals surface area contributed by atoms with Crippen molar-refractivity contribution in [2.24, 2.45) is 5.84 Å². The minimum atomic E-state index is -1.53. The van der Waals surface area contributed by atoms with Gasteiger partial charge in [-0.3, -0.25) is 10.8 Å². The number of aromatic nitrogens is 1. The summed E-state index contributed by atoms with van der Waals surface area (Å²) in [6, 6.07) is 2.28. The molecule has 0 aliphatic rings. The number of aryl methyl sites for hydroxylation is 1. The lowest BCUT2D eigenvalue weighted by Crippen LogP contribution is -2.09. The van der Waals surface area contributed by atoms with Gasteiger partial charge in [0.25, 0.3) is 0 Å². The second-order valence-corrected chi connectivity index (χ2v) is 3.34. The van der Waals surface area contributed by atoms with Crippen LogP contribution in [0.3, 0.4) is 0 Å². The summed E-state index contributed by atoms with van der Waals surface area (Å²) < 4.78 is 39.5. The molecule has 84 valence electrons. The molecule has 0 spiro atoms. The van der Waals surface area contributed by atoms with Crippen molar-refractivity contribution in [1.82, 2.24) is 4.98 Å². The molecule has 0 radical (unpaired) electrons. The van der Waals surface area contributed by atoms with Crippen molar-refractivity contribution in [3.63, 3.8) is 0 Å². The molecule has 0 aliphatic carbocycles. The van der Waals surface area contributed by atoms with Gasteiger partial charge >= 0.3 is 0 Å².